The summed E-state index contributed by atoms with van der Waals surface area (Å²) in [6.07, 6.45) is 1.42. The molecule has 0 atom stereocenters. The van der Waals surface area contributed by atoms with E-state index in [9.17, 15) is 4.79 Å². The number of hydrogen-bond acceptors (Lipinski definition) is 4. The molecular weight excluding hydrogens is 302 g/mol. The van der Waals surface area contributed by atoms with Crippen molar-refractivity contribution in [3.8, 4) is 0 Å². The minimum absolute atomic E-state index is 0.0205. The van der Waals surface area contributed by atoms with Gasteiger partial charge in [-0.15, -0.1) is 0 Å². The van der Waals surface area contributed by atoms with Gasteiger partial charge < -0.3 is 14.4 Å². The maximum atomic E-state index is 12.9. The highest BCUT2D eigenvalue weighted by molar-refractivity contribution is 6.28. The van der Waals surface area contributed by atoms with Crippen molar-refractivity contribution in [1.29, 1.82) is 0 Å². The second-order valence-corrected chi connectivity index (χ2v) is 5.63. The first-order valence-electron chi connectivity index (χ1n) is 7.70. The second kappa shape index (κ2) is 8.43. The average molecular weight is 325 g/mol. The van der Waals surface area contributed by atoms with E-state index in [1.54, 1.807) is 26.4 Å². The zero-order chi connectivity index (χ0) is 17.5. The average Bonchev–Trinajstić information content (AvgIpc) is 2.61. The van der Waals surface area contributed by atoms with Crippen molar-refractivity contribution >= 4 is 11.4 Å². The monoisotopic (exact) mass is 325 g/mol. The Balaban J connectivity index is 2.34. The molecule has 0 heterocycles. The molecule has 0 bridgehead atoms. The highest BCUT2D eigenvalue weighted by Crippen LogP contribution is 2.23. The van der Waals surface area contributed by atoms with Gasteiger partial charge in [-0.05, 0) is 5.56 Å². The number of Topliss-reactive ketones (excluding diaryl/α,β-unsaturated/α-hetero) is 1. The molecule has 2 rings (SSSR count). The summed E-state index contributed by atoms with van der Waals surface area (Å²) in [7, 11) is 6.98. The fourth-order valence-electron chi connectivity index (χ4n) is 2.46. The van der Waals surface area contributed by atoms with Gasteiger partial charge in [-0.2, -0.15) is 0 Å². The normalized spacial score (nSPS) is 11.6. The van der Waals surface area contributed by atoms with Gasteiger partial charge in [-0.1, -0.05) is 54.6 Å². The third kappa shape index (κ3) is 4.31. The van der Waals surface area contributed by atoms with Crippen molar-refractivity contribution in [3.63, 3.8) is 0 Å². The number of hydrogen-bond donors (Lipinski definition) is 0. The summed E-state index contributed by atoms with van der Waals surface area (Å²) in [4.78, 5) is 14.8. The van der Waals surface area contributed by atoms with Crippen LogP contribution in [-0.4, -0.2) is 39.0 Å². The van der Waals surface area contributed by atoms with E-state index in [0.29, 0.717) is 11.1 Å². The van der Waals surface area contributed by atoms with Crippen LogP contribution in [0.25, 0.3) is 5.57 Å². The molecule has 0 amide bonds. The van der Waals surface area contributed by atoms with Crippen LogP contribution in [-0.2, 0) is 9.47 Å². The lowest BCUT2D eigenvalue weighted by molar-refractivity contribution is -0.106. The van der Waals surface area contributed by atoms with Gasteiger partial charge in [0.2, 0.25) is 0 Å². The standard InChI is InChI=1S/C20H23NO3/c1-21(2)14-18(15-8-6-5-7-9-15)19(22)16-10-12-17(13-11-16)20(23-3)24-4/h5-14,20H,1-4H3/b18-14+. The number of ether oxygens (including phenoxy) is 2. The highest BCUT2D eigenvalue weighted by Gasteiger charge is 2.16. The van der Waals surface area contributed by atoms with E-state index in [1.807, 2.05) is 67.7 Å². The molecular formula is C20H23NO3. The Bertz CT molecular complexity index is 687. The number of benzene rings is 2. The lowest BCUT2D eigenvalue weighted by Gasteiger charge is -2.15. The van der Waals surface area contributed by atoms with Crippen LogP contribution < -0.4 is 0 Å². The number of nitrogens with zero attached hydrogens (tertiary/aromatic N) is 1. The number of methoxy groups -OCH3 is 2. The SMILES string of the molecule is COC(OC)c1ccc(C(=O)/C(=C/N(C)C)c2ccccc2)cc1. The molecule has 4 nitrogen and oxygen atoms in total. The maximum Gasteiger partial charge on any atom is 0.195 e. The Morgan fingerprint density at radius 2 is 1.50 bits per heavy atom. The van der Waals surface area contributed by atoms with Crippen LogP contribution in [0.3, 0.4) is 0 Å². The van der Waals surface area contributed by atoms with Crippen LogP contribution in [0.2, 0.25) is 0 Å². The summed E-state index contributed by atoms with van der Waals surface area (Å²) in [5.74, 6) is -0.0205. The Morgan fingerprint density at radius 3 is 2.00 bits per heavy atom. The van der Waals surface area contributed by atoms with E-state index in [0.717, 1.165) is 11.1 Å². The quantitative estimate of drug-likeness (QED) is 0.441. The molecule has 0 aliphatic rings. The molecule has 0 saturated heterocycles. The minimum Gasteiger partial charge on any atom is -0.383 e. The van der Waals surface area contributed by atoms with Crippen LogP contribution in [0.4, 0.5) is 0 Å². The fourth-order valence-corrected chi connectivity index (χ4v) is 2.46. The number of carbonyl (C=O) groups excluding carboxylic acids is 1. The molecule has 0 saturated carbocycles. The van der Waals surface area contributed by atoms with E-state index in [4.69, 9.17) is 9.47 Å². The molecule has 0 aliphatic carbocycles. The van der Waals surface area contributed by atoms with Crippen molar-refractivity contribution in [2.45, 2.75) is 6.29 Å². The van der Waals surface area contributed by atoms with E-state index in [1.165, 1.54) is 0 Å². The predicted molar refractivity (Wildman–Crippen MR) is 95.6 cm³/mol. The molecule has 0 N–H and O–H groups in total. The smallest absolute Gasteiger partial charge is 0.195 e. The van der Waals surface area contributed by atoms with E-state index >= 15 is 0 Å². The Labute approximate surface area is 143 Å². The van der Waals surface area contributed by atoms with Crippen molar-refractivity contribution < 1.29 is 14.3 Å². The number of rotatable bonds is 7. The van der Waals surface area contributed by atoms with E-state index < -0.39 is 6.29 Å². The fraction of sp³-hybridized carbons (Fsp3) is 0.250. The van der Waals surface area contributed by atoms with Crippen LogP contribution >= 0.6 is 0 Å². The van der Waals surface area contributed by atoms with E-state index in [-0.39, 0.29) is 5.78 Å². The van der Waals surface area contributed by atoms with Crippen LogP contribution in [0.15, 0.2) is 60.8 Å². The third-order valence-corrected chi connectivity index (χ3v) is 3.59. The Morgan fingerprint density at radius 1 is 0.917 bits per heavy atom. The molecule has 0 radical (unpaired) electrons. The second-order valence-electron chi connectivity index (χ2n) is 5.63. The van der Waals surface area contributed by atoms with Gasteiger partial charge in [0.05, 0.1) is 0 Å². The number of carbonyl (C=O) groups is 1. The molecule has 2 aromatic carbocycles. The molecule has 2 aromatic rings. The molecule has 0 unspecified atom stereocenters. The van der Waals surface area contributed by atoms with Gasteiger partial charge in [0.15, 0.2) is 12.1 Å². The zero-order valence-electron chi connectivity index (χ0n) is 14.5. The maximum absolute atomic E-state index is 12.9. The molecule has 0 spiro atoms. The molecule has 4 heteroatoms. The van der Waals surface area contributed by atoms with Gasteiger partial charge in [0.25, 0.3) is 0 Å². The summed E-state index contributed by atoms with van der Waals surface area (Å²) in [5, 5.41) is 0. The van der Waals surface area contributed by atoms with Gasteiger partial charge in [-0.3, -0.25) is 4.79 Å². The van der Waals surface area contributed by atoms with Crippen molar-refractivity contribution in [2.24, 2.45) is 0 Å². The molecule has 24 heavy (non-hydrogen) atoms. The first-order chi connectivity index (χ1) is 11.6. The van der Waals surface area contributed by atoms with Crippen LogP contribution in [0.1, 0.15) is 27.8 Å². The molecule has 126 valence electrons. The van der Waals surface area contributed by atoms with Gasteiger partial charge >= 0.3 is 0 Å². The molecule has 0 fully saturated rings. The Hall–Kier alpha value is -2.43. The van der Waals surface area contributed by atoms with Crippen molar-refractivity contribution in [1.82, 2.24) is 4.90 Å². The van der Waals surface area contributed by atoms with Crippen molar-refractivity contribution in [3.05, 3.63) is 77.5 Å². The predicted octanol–water partition coefficient (Wildman–Crippen LogP) is 3.76. The summed E-state index contributed by atoms with van der Waals surface area (Å²) in [6, 6.07) is 17.0. The van der Waals surface area contributed by atoms with Crippen LogP contribution in [0.5, 0.6) is 0 Å². The molecule has 0 aromatic heterocycles. The Kier molecular flexibility index (Phi) is 6.29. The van der Waals surface area contributed by atoms with Gasteiger partial charge in [-0.25, -0.2) is 0 Å². The van der Waals surface area contributed by atoms with Crippen LogP contribution in [0, 0.1) is 0 Å². The van der Waals surface area contributed by atoms with Crippen molar-refractivity contribution in [2.75, 3.05) is 28.3 Å². The lowest BCUT2D eigenvalue weighted by Crippen LogP contribution is -2.10. The lowest BCUT2D eigenvalue weighted by atomic mass is 9.96. The summed E-state index contributed by atoms with van der Waals surface area (Å²) in [5.41, 5.74) is 3.05. The summed E-state index contributed by atoms with van der Waals surface area (Å²) < 4.78 is 10.5. The topological polar surface area (TPSA) is 38.8 Å². The molecule has 0 aliphatic heterocycles. The third-order valence-electron chi connectivity index (χ3n) is 3.59. The number of ketones is 1. The van der Waals surface area contributed by atoms with Gasteiger partial charge in [0, 0.05) is 51.2 Å². The largest absolute Gasteiger partial charge is 0.383 e. The van der Waals surface area contributed by atoms with E-state index in [2.05, 4.69) is 0 Å². The highest BCUT2D eigenvalue weighted by atomic mass is 16.7. The first kappa shape index (κ1) is 17.9. The van der Waals surface area contributed by atoms with Gasteiger partial charge in [0.1, 0.15) is 0 Å². The summed E-state index contributed by atoms with van der Waals surface area (Å²) >= 11 is 0. The first-order valence-corrected chi connectivity index (χ1v) is 7.70. The summed E-state index contributed by atoms with van der Waals surface area (Å²) in [6.45, 7) is 0. The number of allylic oxidation sites excluding steroid dienone is 1. The zero-order valence-corrected chi connectivity index (χ0v) is 14.5. The minimum atomic E-state index is -0.430.